The molecule has 0 saturated heterocycles. The van der Waals surface area contributed by atoms with Crippen LogP contribution in [-0.2, 0) is 4.79 Å². The smallest absolute Gasteiger partial charge is 0.321 e. The van der Waals surface area contributed by atoms with Gasteiger partial charge in [0.15, 0.2) is 4.34 Å². The van der Waals surface area contributed by atoms with Crippen molar-refractivity contribution in [1.82, 2.24) is 4.98 Å². The molecule has 0 aliphatic heterocycles. The first-order chi connectivity index (χ1) is 11.2. The van der Waals surface area contributed by atoms with Gasteiger partial charge in [0.2, 0.25) is 0 Å². The van der Waals surface area contributed by atoms with E-state index < -0.39 is 11.2 Å². The zero-order valence-electron chi connectivity index (χ0n) is 12.4. The van der Waals surface area contributed by atoms with Gasteiger partial charge in [-0.25, -0.2) is 4.98 Å². The lowest BCUT2D eigenvalue weighted by Crippen LogP contribution is -2.07. The number of benzene rings is 2. The first-order valence-electron chi connectivity index (χ1n) is 7.15. The molecule has 0 amide bonds. The summed E-state index contributed by atoms with van der Waals surface area (Å²) in [6, 6.07) is 14.9. The molecule has 0 aliphatic rings. The summed E-state index contributed by atoms with van der Waals surface area (Å²) in [5, 5.41) is 8.85. The molecule has 1 unspecified atom stereocenters. The van der Waals surface area contributed by atoms with E-state index in [4.69, 9.17) is 4.74 Å². The molecular formula is C17H15NO3S2. The maximum absolute atomic E-state index is 11.6. The van der Waals surface area contributed by atoms with E-state index in [0.29, 0.717) is 6.61 Å². The van der Waals surface area contributed by atoms with Gasteiger partial charge in [-0.15, -0.1) is 11.3 Å². The Morgan fingerprint density at radius 3 is 2.78 bits per heavy atom. The quantitative estimate of drug-likeness (QED) is 0.661. The van der Waals surface area contributed by atoms with Gasteiger partial charge in [0.25, 0.3) is 0 Å². The molecule has 0 bridgehead atoms. The van der Waals surface area contributed by atoms with Crippen LogP contribution in [0.5, 0.6) is 5.75 Å². The zero-order valence-corrected chi connectivity index (χ0v) is 14.1. The van der Waals surface area contributed by atoms with Crippen LogP contribution in [-0.4, -0.2) is 22.7 Å². The Morgan fingerprint density at radius 1 is 1.30 bits per heavy atom. The summed E-state index contributed by atoms with van der Waals surface area (Å²) in [6.45, 7) is 2.55. The van der Waals surface area contributed by atoms with Crippen LogP contribution in [0.4, 0.5) is 0 Å². The molecular weight excluding hydrogens is 330 g/mol. The SMILES string of the molecule is CCOc1ccc2nc(SC(C(=O)O)c3ccccc3)sc2c1. The maximum atomic E-state index is 11.6. The second-order valence-electron chi connectivity index (χ2n) is 4.79. The number of carboxylic acid groups (broad SMARTS) is 1. The third-order valence-corrected chi connectivity index (χ3v) is 5.55. The summed E-state index contributed by atoms with van der Waals surface area (Å²) in [7, 11) is 0. The molecule has 0 aliphatic carbocycles. The number of aliphatic carboxylic acids is 1. The Kier molecular flexibility index (Phi) is 4.83. The predicted molar refractivity (Wildman–Crippen MR) is 93.5 cm³/mol. The van der Waals surface area contributed by atoms with Gasteiger partial charge in [-0.1, -0.05) is 42.1 Å². The van der Waals surface area contributed by atoms with Gasteiger partial charge in [0.1, 0.15) is 11.0 Å². The van der Waals surface area contributed by atoms with Crippen LogP contribution in [0, 0.1) is 0 Å². The second-order valence-corrected chi connectivity index (χ2v) is 7.17. The summed E-state index contributed by atoms with van der Waals surface area (Å²) in [4.78, 5) is 16.1. The fourth-order valence-electron chi connectivity index (χ4n) is 2.18. The van der Waals surface area contributed by atoms with Crippen molar-refractivity contribution in [3.8, 4) is 5.75 Å². The molecule has 0 saturated carbocycles. The van der Waals surface area contributed by atoms with Crippen LogP contribution < -0.4 is 4.74 Å². The molecule has 3 rings (SSSR count). The van der Waals surface area contributed by atoms with Gasteiger partial charge in [-0.05, 0) is 30.7 Å². The maximum Gasteiger partial charge on any atom is 0.321 e. The lowest BCUT2D eigenvalue weighted by molar-refractivity contribution is -0.136. The van der Waals surface area contributed by atoms with Crippen LogP contribution in [0.3, 0.4) is 0 Å². The molecule has 0 spiro atoms. The fourth-order valence-corrected chi connectivity index (χ4v) is 4.40. The van der Waals surface area contributed by atoms with Crippen LogP contribution in [0.15, 0.2) is 52.9 Å². The topological polar surface area (TPSA) is 59.4 Å². The molecule has 2 aromatic carbocycles. The Hall–Kier alpha value is -2.05. The molecule has 0 radical (unpaired) electrons. The van der Waals surface area contributed by atoms with Gasteiger partial charge in [-0.3, -0.25) is 4.79 Å². The minimum atomic E-state index is -0.865. The van der Waals surface area contributed by atoms with Gasteiger partial charge >= 0.3 is 5.97 Å². The van der Waals surface area contributed by atoms with Crippen LogP contribution >= 0.6 is 23.1 Å². The highest BCUT2D eigenvalue weighted by atomic mass is 32.2. The molecule has 1 atom stereocenters. The molecule has 0 fully saturated rings. The van der Waals surface area contributed by atoms with Crippen LogP contribution in [0.25, 0.3) is 10.2 Å². The van der Waals surface area contributed by atoms with Crippen molar-refractivity contribution in [1.29, 1.82) is 0 Å². The van der Waals surface area contributed by atoms with Crippen molar-refractivity contribution in [3.05, 3.63) is 54.1 Å². The summed E-state index contributed by atoms with van der Waals surface area (Å²) in [6.07, 6.45) is 0. The van der Waals surface area contributed by atoms with Gasteiger partial charge in [0, 0.05) is 0 Å². The van der Waals surface area contributed by atoms with Crippen LogP contribution in [0.2, 0.25) is 0 Å². The van der Waals surface area contributed by atoms with Crippen molar-refractivity contribution in [3.63, 3.8) is 0 Å². The largest absolute Gasteiger partial charge is 0.494 e. The summed E-state index contributed by atoms with van der Waals surface area (Å²) in [5.41, 5.74) is 1.62. The van der Waals surface area contributed by atoms with Crippen molar-refractivity contribution in [2.24, 2.45) is 0 Å². The normalized spacial score (nSPS) is 12.2. The lowest BCUT2D eigenvalue weighted by Gasteiger charge is -2.09. The lowest BCUT2D eigenvalue weighted by atomic mass is 10.1. The monoisotopic (exact) mass is 345 g/mol. The van der Waals surface area contributed by atoms with Gasteiger partial charge < -0.3 is 9.84 Å². The zero-order chi connectivity index (χ0) is 16.2. The standard InChI is InChI=1S/C17H15NO3S2/c1-2-21-12-8-9-13-14(10-12)22-17(18-13)23-15(16(19)20)11-6-4-3-5-7-11/h3-10,15H,2H2,1H3,(H,19,20). The van der Waals surface area contributed by atoms with Gasteiger partial charge in [-0.2, -0.15) is 0 Å². The van der Waals surface area contributed by atoms with Crippen molar-refractivity contribution in [2.75, 3.05) is 6.61 Å². The number of nitrogens with zero attached hydrogens (tertiary/aromatic N) is 1. The molecule has 6 heteroatoms. The molecule has 23 heavy (non-hydrogen) atoms. The van der Waals surface area contributed by atoms with E-state index in [1.165, 1.54) is 23.1 Å². The van der Waals surface area contributed by atoms with E-state index in [1.807, 2.05) is 55.5 Å². The molecule has 1 heterocycles. The molecule has 1 aromatic heterocycles. The highest BCUT2D eigenvalue weighted by Crippen LogP contribution is 2.40. The van der Waals surface area contributed by atoms with E-state index >= 15 is 0 Å². The highest BCUT2D eigenvalue weighted by molar-refractivity contribution is 8.02. The number of hydrogen-bond donors (Lipinski definition) is 1. The fraction of sp³-hybridized carbons (Fsp3) is 0.176. The molecule has 4 nitrogen and oxygen atoms in total. The second kappa shape index (κ2) is 7.02. The van der Waals surface area contributed by atoms with Crippen LogP contribution in [0.1, 0.15) is 17.7 Å². The van der Waals surface area contributed by atoms with Crippen molar-refractivity contribution in [2.45, 2.75) is 16.5 Å². The third-order valence-electron chi connectivity index (χ3n) is 3.20. The van der Waals surface area contributed by atoms with E-state index in [1.54, 1.807) is 0 Å². The van der Waals surface area contributed by atoms with E-state index in [-0.39, 0.29) is 0 Å². The molecule has 1 N–H and O–H groups in total. The number of fused-ring (bicyclic) bond motifs is 1. The van der Waals surface area contributed by atoms with E-state index in [9.17, 15) is 9.90 Å². The number of rotatable bonds is 6. The molecule has 3 aromatic rings. The Morgan fingerprint density at radius 2 is 2.09 bits per heavy atom. The first kappa shape index (κ1) is 15.8. The number of ether oxygens (including phenoxy) is 1. The number of thioether (sulfide) groups is 1. The Labute approximate surface area is 142 Å². The summed E-state index contributed by atoms with van der Waals surface area (Å²) >= 11 is 2.75. The van der Waals surface area contributed by atoms with E-state index in [0.717, 1.165) is 25.9 Å². The average molecular weight is 345 g/mol. The van der Waals surface area contributed by atoms with Gasteiger partial charge in [0.05, 0.1) is 16.8 Å². The average Bonchev–Trinajstić information content (AvgIpc) is 2.95. The number of carbonyl (C=O) groups is 1. The highest BCUT2D eigenvalue weighted by Gasteiger charge is 2.22. The van der Waals surface area contributed by atoms with Crippen molar-refractivity contribution < 1.29 is 14.6 Å². The number of hydrogen-bond acceptors (Lipinski definition) is 5. The molecule has 118 valence electrons. The Balaban J connectivity index is 1.88. The minimum absolute atomic E-state index is 0.612. The number of thiazole rings is 1. The number of carboxylic acids is 1. The summed E-state index contributed by atoms with van der Waals surface area (Å²) < 4.78 is 7.23. The Bertz CT molecular complexity index is 817. The van der Waals surface area contributed by atoms with Crippen molar-refractivity contribution >= 4 is 39.3 Å². The number of aromatic nitrogens is 1. The van der Waals surface area contributed by atoms with E-state index in [2.05, 4.69) is 4.98 Å². The third kappa shape index (κ3) is 3.65. The summed E-state index contributed by atoms with van der Waals surface area (Å²) in [5.74, 6) is -0.0616. The minimum Gasteiger partial charge on any atom is -0.494 e. The predicted octanol–water partition coefficient (Wildman–Crippen LogP) is 4.61. The first-order valence-corrected chi connectivity index (χ1v) is 8.85.